The number of carbonyl (C=O) groups excluding carboxylic acids is 1. The van der Waals surface area contributed by atoms with Gasteiger partial charge in [0.15, 0.2) is 0 Å². The van der Waals surface area contributed by atoms with Gasteiger partial charge in [0.2, 0.25) is 5.91 Å². The van der Waals surface area contributed by atoms with E-state index in [1.165, 1.54) is 11.1 Å². The SMILES string of the molecule is O=C1[C@H]2[C@H](C[C@H](CO)N2Cc2ccccc2)CN1Cc1ccccc1. The molecule has 2 fully saturated rings. The van der Waals surface area contributed by atoms with E-state index in [1.807, 2.05) is 41.3 Å². The van der Waals surface area contributed by atoms with E-state index in [2.05, 4.69) is 29.2 Å². The Kier molecular flexibility index (Phi) is 4.55. The van der Waals surface area contributed by atoms with Crippen molar-refractivity contribution < 1.29 is 9.90 Å². The highest BCUT2D eigenvalue weighted by atomic mass is 16.3. The van der Waals surface area contributed by atoms with Crippen LogP contribution < -0.4 is 0 Å². The molecule has 1 amide bonds. The van der Waals surface area contributed by atoms with Crippen LogP contribution >= 0.6 is 0 Å². The van der Waals surface area contributed by atoms with Crippen molar-refractivity contribution in [2.45, 2.75) is 31.6 Å². The largest absolute Gasteiger partial charge is 0.395 e. The lowest BCUT2D eigenvalue weighted by molar-refractivity contribution is -0.133. The van der Waals surface area contributed by atoms with Crippen molar-refractivity contribution in [3.63, 3.8) is 0 Å². The summed E-state index contributed by atoms with van der Waals surface area (Å²) in [6, 6.07) is 20.4. The lowest BCUT2D eigenvalue weighted by Gasteiger charge is -2.29. The second-order valence-corrected chi connectivity index (χ2v) is 7.14. The van der Waals surface area contributed by atoms with E-state index in [0.29, 0.717) is 12.5 Å². The van der Waals surface area contributed by atoms with Crippen LogP contribution in [-0.4, -0.2) is 46.0 Å². The molecule has 2 aromatic carbocycles. The Hall–Kier alpha value is -2.17. The minimum Gasteiger partial charge on any atom is -0.395 e. The number of hydrogen-bond donors (Lipinski definition) is 1. The summed E-state index contributed by atoms with van der Waals surface area (Å²) in [5.41, 5.74) is 2.36. The summed E-state index contributed by atoms with van der Waals surface area (Å²) in [4.78, 5) is 17.3. The van der Waals surface area contributed by atoms with E-state index in [0.717, 1.165) is 19.5 Å². The van der Waals surface area contributed by atoms with Crippen LogP contribution in [0.2, 0.25) is 0 Å². The van der Waals surface area contributed by atoms with Crippen LogP contribution in [-0.2, 0) is 17.9 Å². The third-order valence-electron chi connectivity index (χ3n) is 5.50. The molecule has 0 bridgehead atoms. The van der Waals surface area contributed by atoms with Gasteiger partial charge in [-0.15, -0.1) is 0 Å². The molecule has 2 aromatic rings. The Balaban J connectivity index is 1.51. The Morgan fingerprint density at radius 3 is 2.12 bits per heavy atom. The monoisotopic (exact) mass is 336 g/mol. The van der Waals surface area contributed by atoms with Crippen LogP contribution in [0.3, 0.4) is 0 Å². The maximum Gasteiger partial charge on any atom is 0.240 e. The van der Waals surface area contributed by atoms with Gasteiger partial charge >= 0.3 is 0 Å². The third-order valence-corrected chi connectivity index (χ3v) is 5.50. The molecule has 0 aromatic heterocycles. The van der Waals surface area contributed by atoms with Crippen LogP contribution in [0.4, 0.5) is 0 Å². The average Bonchev–Trinajstić information content (AvgIpc) is 3.14. The van der Waals surface area contributed by atoms with Gasteiger partial charge in [-0.2, -0.15) is 0 Å². The van der Waals surface area contributed by atoms with Crippen molar-refractivity contribution in [1.82, 2.24) is 9.80 Å². The first-order valence-electron chi connectivity index (χ1n) is 8.99. The third kappa shape index (κ3) is 3.20. The molecule has 0 radical (unpaired) electrons. The fourth-order valence-electron chi connectivity index (χ4n) is 4.34. The Morgan fingerprint density at radius 2 is 1.52 bits per heavy atom. The van der Waals surface area contributed by atoms with Crippen LogP contribution in [0.5, 0.6) is 0 Å². The second-order valence-electron chi connectivity index (χ2n) is 7.14. The second kappa shape index (κ2) is 6.98. The van der Waals surface area contributed by atoms with Crippen molar-refractivity contribution in [1.29, 1.82) is 0 Å². The highest BCUT2D eigenvalue weighted by molar-refractivity contribution is 5.85. The number of hydrogen-bond acceptors (Lipinski definition) is 3. The minimum atomic E-state index is -0.0962. The summed E-state index contributed by atoms with van der Waals surface area (Å²) in [6.07, 6.45) is 0.894. The summed E-state index contributed by atoms with van der Waals surface area (Å²) >= 11 is 0. The van der Waals surface area contributed by atoms with Gasteiger partial charge in [0.25, 0.3) is 0 Å². The van der Waals surface area contributed by atoms with Gasteiger partial charge in [-0.3, -0.25) is 9.69 Å². The first-order valence-corrected chi connectivity index (χ1v) is 8.99. The lowest BCUT2D eigenvalue weighted by Crippen LogP contribution is -2.44. The normalized spacial score (nSPS) is 26.2. The molecule has 0 spiro atoms. The van der Waals surface area contributed by atoms with Gasteiger partial charge in [-0.25, -0.2) is 0 Å². The molecule has 3 atom stereocenters. The summed E-state index contributed by atoms with van der Waals surface area (Å²) in [6.45, 7) is 2.31. The minimum absolute atomic E-state index is 0.0815. The van der Waals surface area contributed by atoms with Gasteiger partial charge < -0.3 is 10.0 Å². The first-order chi connectivity index (χ1) is 12.3. The fourth-order valence-corrected chi connectivity index (χ4v) is 4.34. The van der Waals surface area contributed by atoms with Crippen LogP contribution in [0.15, 0.2) is 60.7 Å². The van der Waals surface area contributed by atoms with Crippen molar-refractivity contribution >= 4 is 5.91 Å². The average molecular weight is 336 g/mol. The van der Waals surface area contributed by atoms with Gasteiger partial charge in [-0.1, -0.05) is 60.7 Å². The number of aliphatic hydroxyl groups is 1. The predicted molar refractivity (Wildman–Crippen MR) is 96.6 cm³/mol. The number of aliphatic hydroxyl groups excluding tert-OH is 1. The molecule has 0 saturated carbocycles. The molecule has 2 heterocycles. The number of nitrogens with zero attached hydrogens (tertiary/aromatic N) is 2. The van der Waals surface area contributed by atoms with Crippen molar-refractivity contribution in [2.75, 3.05) is 13.2 Å². The molecule has 25 heavy (non-hydrogen) atoms. The zero-order valence-corrected chi connectivity index (χ0v) is 14.3. The maximum atomic E-state index is 13.1. The van der Waals surface area contributed by atoms with E-state index in [1.54, 1.807) is 0 Å². The molecule has 4 rings (SSSR count). The molecule has 1 N–H and O–H groups in total. The topological polar surface area (TPSA) is 43.8 Å². The predicted octanol–water partition coefficient (Wildman–Crippen LogP) is 2.28. The zero-order valence-electron chi connectivity index (χ0n) is 14.3. The zero-order chi connectivity index (χ0) is 17.2. The van der Waals surface area contributed by atoms with E-state index >= 15 is 0 Å². The highest BCUT2D eigenvalue weighted by Gasteiger charge is 2.51. The van der Waals surface area contributed by atoms with Gasteiger partial charge in [0.1, 0.15) is 0 Å². The molecule has 130 valence electrons. The molecule has 0 unspecified atom stereocenters. The molecular formula is C21H24N2O2. The Bertz CT molecular complexity index is 719. The van der Waals surface area contributed by atoms with Crippen molar-refractivity contribution in [3.8, 4) is 0 Å². The van der Waals surface area contributed by atoms with Crippen molar-refractivity contribution in [3.05, 3.63) is 71.8 Å². The lowest BCUT2D eigenvalue weighted by atomic mass is 10.0. The highest BCUT2D eigenvalue weighted by Crippen LogP contribution is 2.38. The summed E-state index contributed by atoms with van der Waals surface area (Å²) in [5.74, 6) is 0.526. The molecule has 4 nitrogen and oxygen atoms in total. The smallest absolute Gasteiger partial charge is 0.240 e. The number of carbonyl (C=O) groups is 1. The molecule has 2 aliphatic rings. The Morgan fingerprint density at radius 1 is 0.920 bits per heavy atom. The van der Waals surface area contributed by atoms with E-state index in [-0.39, 0.29) is 24.6 Å². The van der Waals surface area contributed by atoms with Crippen molar-refractivity contribution in [2.24, 2.45) is 5.92 Å². The van der Waals surface area contributed by atoms with E-state index in [9.17, 15) is 9.90 Å². The van der Waals surface area contributed by atoms with E-state index < -0.39 is 0 Å². The van der Waals surface area contributed by atoms with Gasteiger partial charge in [-0.05, 0) is 17.5 Å². The van der Waals surface area contributed by atoms with Gasteiger partial charge in [0.05, 0.1) is 12.6 Å². The summed E-state index contributed by atoms with van der Waals surface area (Å²) in [5, 5.41) is 9.79. The maximum absolute atomic E-state index is 13.1. The Labute approximate surface area is 148 Å². The molecule has 0 aliphatic carbocycles. The van der Waals surface area contributed by atoms with Crippen LogP contribution in [0, 0.1) is 5.92 Å². The number of amides is 1. The quantitative estimate of drug-likeness (QED) is 0.911. The van der Waals surface area contributed by atoms with Crippen LogP contribution in [0.1, 0.15) is 17.5 Å². The van der Waals surface area contributed by atoms with Crippen LogP contribution in [0.25, 0.3) is 0 Å². The van der Waals surface area contributed by atoms with E-state index in [4.69, 9.17) is 0 Å². The molecular weight excluding hydrogens is 312 g/mol. The number of likely N-dealkylation sites (tertiary alicyclic amines) is 2. The summed E-state index contributed by atoms with van der Waals surface area (Å²) < 4.78 is 0. The number of benzene rings is 2. The molecule has 2 saturated heterocycles. The fraction of sp³-hybridized carbons (Fsp3) is 0.381. The number of fused-ring (bicyclic) bond motifs is 1. The number of rotatable bonds is 5. The standard InChI is InChI=1S/C21H24N2O2/c24-15-19-11-18-14-22(12-16-7-3-1-4-8-16)21(25)20(18)23(19)13-17-9-5-2-6-10-17/h1-10,18-20,24H,11-15H2/t18-,19-,20-/m1/s1. The first kappa shape index (κ1) is 16.3. The molecule has 4 heteroatoms. The molecule has 2 aliphatic heterocycles. The summed E-state index contributed by atoms with van der Waals surface area (Å²) in [7, 11) is 0. The van der Waals surface area contributed by atoms with Gasteiger partial charge in [0, 0.05) is 31.6 Å².